The van der Waals surface area contributed by atoms with Crippen molar-refractivity contribution >= 4 is 21.8 Å². The fourth-order valence-corrected chi connectivity index (χ4v) is 5.78. The molecule has 0 N–H and O–H groups in total. The first-order chi connectivity index (χ1) is 16.0. The summed E-state index contributed by atoms with van der Waals surface area (Å²) in [5.41, 5.74) is 1.81. The zero-order valence-corrected chi connectivity index (χ0v) is 18.8. The molecule has 0 radical (unpaired) electrons. The molecule has 170 valence electrons. The average molecular weight is 465 g/mol. The number of carbonyl (C=O) groups is 1. The van der Waals surface area contributed by atoms with Crippen LogP contribution in [0.2, 0.25) is 0 Å². The molecule has 1 saturated heterocycles. The Labute approximate surface area is 193 Å². The summed E-state index contributed by atoms with van der Waals surface area (Å²) in [4.78, 5) is 14.4. The van der Waals surface area contributed by atoms with Crippen molar-refractivity contribution in [1.82, 2.24) is 4.31 Å². The van der Waals surface area contributed by atoms with Crippen LogP contribution >= 0.6 is 0 Å². The number of sulfonamides is 1. The third-order valence-corrected chi connectivity index (χ3v) is 7.94. The summed E-state index contributed by atoms with van der Waals surface area (Å²) in [5.74, 6) is 1.26. The minimum atomic E-state index is -3.64. The van der Waals surface area contributed by atoms with Gasteiger partial charge >= 0.3 is 6.09 Å². The molecule has 33 heavy (non-hydrogen) atoms. The lowest BCUT2D eigenvalue weighted by atomic mass is 10.0. The van der Waals surface area contributed by atoms with Gasteiger partial charge in [0.05, 0.1) is 10.6 Å². The molecule has 1 amide bonds. The van der Waals surface area contributed by atoms with Gasteiger partial charge in [-0.3, -0.25) is 4.90 Å². The molecule has 0 atom stereocenters. The van der Waals surface area contributed by atoms with Crippen molar-refractivity contribution in [3.05, 3.63) is 84.4 Å². The molecule has 5 rings (SSSR count). The molecule has 8 heteroatoms. The van der Waals surface area contributed by atoms with E-state index < -0.39 is 10.0 Å². The quantitative estimate of drug-likeness (QED) is 0.543. The van der Waals surface area contributed by atoms with E-state index in [-0.39, 0.29) is 23.6 Å². The van der Waals surface area contributed by atoms with E-state index in [0.717, 1.165) is 11.3 Å². The topological polar surface area (TPSA) is 76.2 Å². The van der Waals surface area contributed by atoms with Gasteiger partial charge in [-0.15, -0.1) is 0 Å². The number of piperidine rings is 1. The van der Waals surface area contributed by atoms with Gasteiger partial charge < -0.3 is 9.47 Å². The summed E-state index contributed by atoms with van der Waals surface area (Å²) in [6.45, 7) is 0.936. The molecule has 3 aromatic carbocycles. The van der Waals surface area contributed by atoms with Crippen molar-refractivity contribution in [1.29, 1.82) is 0 Å². The predicted molar refractivity (Wildman–Crippen MR) is 124 cm³/mol. The highest BCUT2D eigenvalue weighted by Crippen LogP contribution is 2.33. The van der Waals surface area contributed by atoms with E-state index in [2.05, 4.69) is 0 Å². The van der Waals surface area contributed by atoms with Crippen LogP contribution in [0.15, 0.2) is 83.8 Å². The van der Waals surface area contributed by atoms with Gasteiger partial charge in [0.2, 0.25) is 10.0 Å². The molecular formula is C25H24N2O5S. The van der Waals surface area contributed by atoms with E-state index in [1.807, 2.05) is 54.6 Å². The Morgan fingerprint density at radius 2 is 1.45 bits per heavy atom. The molecule has 2 aliphatic rings. The fraction of sp³-hybridized carbons (Fsp3) is 0.240. The number of anilines is 1. The molecule has 2 aliphatic heterocycles. The molecule has 0 aliphatic carbocycles. The number of rotatable bonds is 5. The van der Waals surface area contributed by atoms with Crippen LogP contribution in [0.5, 0.6) is 11.5 Å². The molecule has 0 unspecified atom stereocenters. The highest BCUT2D eigenvalue weighted by Gasteiger charge is 2.37. The Morgan fingerprint density at radius 3 is 2.18 bits per heavy atom. The van der Waals surface area contributed by atoms with E-state index in [1.54, 1.807) is 29.2 Å². The number of ether oxygens (including phenoxy) is 2. The number of hydrogen-bond acceptors (Lipinski definition) is 5. The van der Waals surface area contributed by atoms with Gasteiger partial charge in [-0.25, -0.2) is 13.2 Å². The van der Waals surface area contributed by atoms with E-state index in [0.29, 0.717) is 37.4 Å². The first kappa shape index (κ1) is 21.5. The maximum atomic E-state index is 13.2. The molecule has 0 bridgehead atoms. The van der Waals surface area contributed by atoms with Gasteiger partial charge in [0.15, 0.2) is 0 Å². The maximum absolute atomic E-state index is 13.2. The van der Waals surface area contributed by atoms with Crippen LogP contribution < -0.4 is 9.64 Å². The van der Waals surface area contributed by atoms with Gasteiger partial charge in [-0.1, -0.05) is 36.4 Å². The minimum Gasteiger partial charge on any atom is -0.457 e. The van der Waals surface area contributed by atoms with Gasteiger partial charge in [0.25, 0.3) is 0 Å². The number of carbonyl (C=O) groups excluding carboxylic acids is 1. The van der Waals surface area contributed by atoms with Crippen LogP contribution in [0.4, 0.5) is 10.5 Å². The first-order valence-corrected chi connectivity index (χ1v) is 12.3. The monoisotopic (exact) mass is 464 g/mol. The second kappa shape index (κ2) is 8.88. The number of benzene rings is 3. The molecule has 0 spiro atoms. The van der Waals surface area contributed by atoms with Crippen molar-refractivity contribution in [2.45, 2.75) is 30.4 Å². The summed E-state index contributed by atoms with van der Waals surface area (Å²) in [7, 11) is -3.64. The zero-order chi connectivity index (χ0) is 22.8. The third kappa shape index (κ3) is 4.31. The van der Waals surface area contributed by atoms with Gasteiger partial charge in [-0.2, -0.15) is 4.31 Å². The SMILES string of the molecule is O=C1OCc2ccccc2N1C1CCN(S(=O)(=O)c2ccc(Oc3ccccc3)cc2)CC1. The Bertz CT molecular complexity index is 1240. The second-order valence-electron chi connectivity index (χ2n) is 8.08. The smallest absolute Gasteiger partial charge is 0.414 e. The van der Waals surface area contributed by atoms with Crippen LogP contribution in [-0.2, 0) is 21.4 Å². The number of hydrogen-bond donors (Lipinski definition) is 0. The molecule has 7 nitrogen and oxygen atoms in total. The van der Waals surface area contributed by atoms with Gasteiger partial charge in [0.1, 0.15) is 18.1 Å². The normalized spacial score (nSPS) is 17.3. The largest absolute Gasteiger partial charge is 0.457 e. The molecule has 3 aromatic rings. The van der Waals surface area contributed by atoms with Crippen LogP contribution in [0.25, 0.3) is 0 Å². The average Bonchev–Trinajstić information content (AvgIpc) is 2.85. The standard InChI is InChI=1S/C25H24N2O5S/c28-25-27(24-9-5-4-6-19(24)18-31-25)20-14-16-26(17-15-20)33(29,30)23-12-10-22(11-13-23)32-21-7-2-1-3-8-21/h1-13,20H,14-18H2. The van der Waals surface area contributed by atoms with Crippen LogP contribution in [0.1, 0.15) is 18.4 Å². The molecule has 1 fully saturated rings. The van der Waals surface area contributed by atoms with Crippen molar-refractivity contribution in [3.63, 3.8) is 0 Å². The lowest BCUT2D eigenvalue weighted by Crippen LogP contribution is -2.50. The summed E-state index contributed by atoms with van der Waals surface area (Å²) in [5, 5.41) is 0. The van der Waals surface area contributed by atoms with E-state index in [4.69, 9.17) is 9.47 Å². The first-order valence-electron chi connectivity index (χ1n) is 10.9. The van der Waals surface area contributed by atoms with Gasteiger partial charge in [-0.05, 0) is 55.3 Å². The number of para-hydroxylation sites is 2. The number of fused-ring (bicyclic) bond motifs is 1. The van der Waals surface area contributed by atoms with Crippen LogP contribution in [-0.4, -0.2) is 37.9 Å². The van der Waals surface area contributed by atoms with Crippen molar-refractivity contribution in [2.75, 3.05) is 18.0 Å². The maximum Gasteiger partial charge on any atom is 0.414 e. The molecule has 0 saturated carbocycles. The van der Waals surface area contributed by atoms with E-state index in [1.165, 1.54) is 4.31 Å². The Hall–Kier alpha value is -3.36. The summed E-state index contributed by atoms with van der Waals surface area (Å²) < 4.78 is 38.9. The number of amides is 1. The summed E-state index contributed by atoms with van der Waals surface area (Å²) in [6, 6.07) is 23.4. The zero-order valence-electron chi connectivity index (χ0n) is 18.0. The highest BCUT2D eigenvalue weighted by molar-refractivity contribution is 7.89. The molecular weight excluding hydrogens is 440 g/mol. The Morgan fingerprint density at radius 1 is 0.818 bits per heavy atom. The second-order valence-corrected chi connectivity index (χ2v) is 10.0. The molecule has 2 heterocycles. The van der Waals surface area contributed by atoms with Crippen molar-refractivity contribution < 1.29 is 22.7 Å². The van der Waals surface area contributed by atoms with Crippen LogP contribution in [0.3, 0.4) is 0 Å². The Balaban J connectivity index is 1.26. The van der Waals surface area contributed by atoms with E-state index >= 15 is 0 Å². The molecule has 0 aromatic heterocycles. The third-order valence-electron chi connectivity index (χ3n) is 6.03. The lowest BCUT2D eigenvalue weighted by molar-refractivity contribution is 0.136. The Kier molecular flexibility index (Phi) is 5.78. The van der Waals surface area contributed by atoms with Crippen LogP contribution in [0, 0.1) is 0 Å². The fourth-order valence-electron chi connectivity index (χ4n) is 4.32. The van der Waals surface area contributed by atoms with Gasteiger partial charge in [0, 0.05) is 24.7 Å². The summed E-state index contributed by atoms with van der Waals surface area (Å²) >= 11 is 0. The lowest BCUT2D eigenvalue weighted by Gasteiger charge is -2.39. The predicted octanol–water partition coefficient (Wildman–Crippen LogP) is 4.79. The number of nitrogens with zero attached hydrogens (tertiary/aromatic N) is 2. The minimum absolute atomic E-state index is 0.105. The highest BCUT2D eigenvalue weighted by atomic mass is 32.2. The number of cyclic esters (lactones) is 1. The van der Waals surface area contributed by atoms with Crippen molar-refractivity contribution in [2.24, 2.45) is 0 Å². The summed E-state index contributed by atoms with van der Waals surface area (Å²) in [6.07, 6.45) is 0.708. The van der Waals surface area contributed by atoms with E-state index in [9.17, 15) is 13.2 Å². The van der Waals surface area contributed by atoms with Crippen molar-refractivity contribution in [3.8, 4) is 11.5 Å².